The summed E-state index contributed by atoms with van der Waals surface area (Å²) in [5, 5.41) is 0. The molecule has 0 N–H and O–H groups in total. The Morgan fingerprint density at radius 1 is 1.14 bits per heavy atom. The highest BCUT2D eigenvalue weighted by Crippen LogP contribution is 2.34. The first-order chi connectivity index (χ1) is 10.1. The van der Waals surface area contributed by atoms with E-state index in [1.165, 1.54) is 12.8 Å². The van der Waals surface area contributed by atoms with Crippen LogP contribution in [0.3, 0.4) is 0 Å². The lowest BCUT2D eigenvalue weighted by atomic mass is 9.75. The lowest BCUT2D eigenvalue weighted by Crippen LogP contribution is -2.24. The van der Waals surface area contributed by atoms with Crippen molar-refractivity contribution < 1.29 is 9.53 Å². The molecule has 116 valence electrons. The van der Waals surface area contributed by atoms with Gasteiger partial charge in [0.2, 0.25) is 0 Å². The molecule has 0 unspecified atom stereocenters. The Hall–Kier alpha value is -1.31. The number of ether oxygens (including phenoxy) is 1. The van der Waals surface area contributed by atoms with E-state index < -0.39 is 0 Å². The summed E-state index contributed by atoms with van der Waals surface area (Å²) < 4.78 is 5.56. The lowest BCUT2D eigenvalue weighted by molar-refractivity contribution is 0.0859. The van der Waals surface area contributed by atoms with Gasteiger partial charge in [-0.3, -0.25) is 4.79 Å². The largest absolute Gasteiger partial charge is 0.494 e. The van der Waals surface area contributed by atoms with E-state index in [1.807, 2.05) is 24.3 Å². The summed E-state index contributed by atoms with van der Waals surface area (Å²) >= 11 is 0. The van der Waals surface area contributed by atoms with Gasteiger partial charge in [-0.05, 0) is 68.2 Å². The molecule has 0 aliphatic heterocycles. The molecule has 0 saturated heterocycles. The minimum Gasteiger partial charge on any atom is -0.494 e. The van der Waals surface area contributed by atoms with E-state index in [2.05, 4.69) is 20.8 Å². The standard InChI is InChI=1S/C19H28O2/c1-4-13-21-18-11-9-17(10-12-18)19(20)16-7-5-15(6-8-16)14(2)3/h9-12,14-16H,4-8,13H2,1-3H3. The highest BCUT2D eigenvalue weighted by atomic mass is 16.5. The molecule has 1 saturated carbocycles. The molecular formula is C19H28O2. The molecule has 0 amide bonds. The smallest absolute Gasteiger partial charge is 0.165 e. The minimum absolute atomic E-state index is 0.224. The Morgan fingerprint density at radius 3 is 2.29 bits per heavy atom. The van der Waals surface area contributed by atoms with Crippen LogP contribution in [-0.2, 0) is 0 Å². The van der Waals surface area contributed by atoms with Gasteiger partial charge in [-0.2, -0.15) is 0 Å². The van der Waals surface area contributed by atoms with Crippen LogP contribution in [0.4, 0.5) is 0 Å². The summed E-state index contributed by atoms with van der Waals surface area (Å²) in [6.07, 6.45) is 5.50. The van der Waals surface area contributed by atoms with Crippen molar-refractivity contribution in [3.8, 4) is 5.75 Å². The summed E-state index contributed by atoms with van der Waals surface area (Å²) in [6, 6.07) is 7.68. The maximum Gasteiger partial charge on any atom is 0.165 e. The Balaban J connectivity index is 1.91. The van der Waals surface area contributed by atoms with Crippen molar-refractivity contribution >= 4 is 5.78 Å². The summed E-state index contributed by atoms with van der Waals surface area (Å²) in [6.45, 7) is 7.40. The third-order valence-corrected chi connectivity index (χ3v) is 4.70. The van der Waals surface area contributed by atoms with Crippen LogP contribution < -0.4 is 4.74 Å². The second-order valence-corrected chi connectivity index (χ2v) is 6.59. The van der Waals surface area contributed by atoms with E-state index in [9.17, 15) is 4.79 Å². The molecule has 0 atom stereocenters. The molecule has 1 aliphatic rings. The van der Waals surface area contributed by atoms with Gasteiger partial charge in [0.1, 0.15) is 5.75 Å². The molecule has 1 aromatic carbocycles. The quantitative estimate of drug-likeness (QED) is 0.679. The normalized spacial score (nSPS) is 22.3. The molecular weight excluding hydrogens is 260 g/mol. The SMILES string of the molecule is CCCOc1ccc(C(=O)C2CCC(C(C)C)CC2)cc1. The summed E-state index contributed by atoms with van der Waals surface area (Å²) in [5.41, 5.74) is 0.840. The third-order valence-electron chi connectivity index (χ3n) is 4.70. The van der Waals surface area contributed by atoms with Crippen LogP contribution in [0.15, 0.2) is 24.3 Å². The number of ketones is 1. The van der Waals surface area contributed by atoms with Crippen molar-refractivity contribution in [3.05, 3.63) is 29.8 Å². The number of Topliss-reactive ketones (excluding diaryl/α,β-unsaturated/α-hetero) is 1. The number of rotatable bonds is 6. The second-order valence-electron chi connectivity index (χ2n) is 6.59. The van der Waals surface area contributed by atoms with E-state index in [0.717, 1.165) is 49.0 Å². The van der Waals surface area contributed by atoms with Crippen molar-refractivity contribution in [1.82, 2.24) is 0 Å². The van der Waals surface area contributed by atoms with Crippen molar-refractivity contribution in [3.63, 3.8) is 0 Å². The molecule has 0 radical (unpaired) electrons. The lowest BCUT2D eigenvalue weighted by Gasteiger charge is -2.30. The van der Waals surface area contributed by atoms with Crippen molar-refractivity contribution in [2.75, 3.05) is 6.61 Å². The van der Waals surface area contributed by atoms with Gasteiger partial charge in [-0.15, -0.1) is 0 Å². The fourth-order valence-corrected chi connectivity index (χ4v) is 3.22. The highest BCUT2D eigenvalue weighted by molar-refractivity contribution is 5.98. The van der Waals surface area contributed by atoms with Gasteiger partial charge in [0, 0.05) is 11.5 Å². The van der Waals surface area contributed by atoms with E-state index >= 15 is 0 Å². The average molecular weight is 288 g/mol. The molecule has 2 nitrogen and oxygen atoms in total. The summed E-state index contributed by atoms with van der Waals surface area (Å²) in [5.74, 6) is 2.95. The summed E-state index contributed by atoms with van der Waals surface area (Å²) in [4.78, 5) is 12.6. The predicted octanol–water partition coefficient (Wildman–Crippen LogP) is 5.12. The van der Waals surface area contributed by atoms with Crippen LogP contribution in [0.1, 0.15) is 63.2 Å². The Morgan fingerprint density at radius 2 is 1.76 bits per heavy atom. The van der Waals surface area contributed by atoms with Crippen molar-refractivity contribution in [2.24, 2.45) is 17.8 Å². The monoisotopic (exact) mass is 288 g/mol. The average Bonchev–Trinajstić information content (AvgIpc) is 2.53. The van der Waals surface area contributed by atoms with E-state index in [1.54, 1.807) is 0 Å². The Labute approximate surface area is 128 Å². The molecule has 0 aromatic heterocycles. The predicted molar refractivity (Wildman–Crippen MR) is 86.8 cm³/mol. The van der Waals surface area contributed by atoms with Crippen LogP contribution in [0.2, 0.25) is 0 Å². The molecule has 1 aliphatic carbocycles. The first-order valence-electron chi connectivity index (χ1n) is 8.39. The first-order valence-corrected chi connectivity index (χ1v) is 8.39. The zero-order valence-electron chi connectivity index (χ0n) is 13.6. The van der Waals surface area contributed by atoms with Crippen molar-refractivity contribution in [2.45, 2.75) is 52.9 Å². The topological polar surface area (TPSA) is 26.3 Å². The molecule has 21 heavy (non-hydrogen) atoms. The van der Waals surface area contributed by atoms with Crippen LogP contribution in [0.25, 0.3) is 0 Å². The molecule has 1 aromatic rings. The first kappa shape index (κ1) is 16.1. The number of hydrogen-bond acceptors (Lipinski definition) is 2. The maximum absolute atomic E-state index is 12.6. The minimum atomic E-state index is 0.224. The third kappa shape index (κ3) is 4.33. The molecule has 0 bridgehead atoms. The van der Waals surface area contributed by atoms with Crippen LogP contribution >= 0.6 is 0 Å². The molecule has 0 heterocycles. The number of carbonyl (C=O) groups excluding carboxylic acids is 1. The zero-order chi connectivity index (χ0) is 15.2. The van der Waals surface area contributed by atoms with Crippen molar-refractivity contribution in [1.29, 1.82) is 0 Å². The maximum atomic E-state index is 12.6. The number of benzene rings is 1. The van der Waals surface area contributed by atoms with Gasteiger partial charge in [0.25, 0.3) is 0 Å². The second kappa shape index (κ2) is 7.63. The van der Waals surface area contributed by atoms with E-state index in [0.29, 0.717) is 5.78 Å². The van der Waals surface area contributed by atoms with E-state index in [-0.39, 0.29) is 5.92 Å². The van der Waals surface area contributed by atoms with Gasteiger partial charge in [0.15, 0.2) is 5.78 Å². The van der Waals surface area contributed by atoms with Crippen LogP contribution in [0.5, 0.6) is 5.75 Å². The van der Waals surface area contributed by atoms with Crippen LogP contribution in [0, 0.1) is 17.8 Å². The van der Waals surface area contributed by atoms with Gasteiger partial charge in [-0.1, -0.05) is 20.8 Å². The fourth-order valence-electron chi connectivity index (χ4n) is 3.22. The van der Waals surface area contributed by atoms with E-state index in [4.69, 9.17) is 4.74 Å². The molecule has 2 rings (SSSR count). The van der Waals surface area contributed by atoms with Gasteiger partial charge >= 0.3 is 0 Å². The number of carbonyl (C=O) groups is 1. The summed E-state index contributed by atoms with van der Waals surface area (Å²) in [7, 11) is 0. The highest BCUT2D eigenvalue weighted by Gasteiger charge is 2.28. The molecule has 2 heteroatoms. The van der Waals surface area contributed by atoms with Gasteiger partial charge < -0.3 is 4.74 Å². The van der Waals surface area contributed by atoms with Gasteiger partial charge in [0.05, 0.1) is 6.61 Å². The zero-order valence-corrected chi connectivity index (χ0v) is 13.6. The molecule has 0 spiro atoms. The fraction of sp³-hybridized carbons (Fsp3) is 0.632. The number of hydrogen-bond donors (Lipinski definition) is 0. The van der Waals surface area contributed by atoms with Crippen LogP contribution in [-0.4, -0.2) is 12.4 Å². The Kier molecular flexibility index (Phi) is 5.84. The molecule has 1 fully saturated rings. The Bertz CT molecular complexity index is 439. The van der Waals surface area contributed by atoms with Gasteiger partial charge in [-0.25, -0.2) is 0 Å².